The zero-order chi connectivity index (χ0) is 27.0. The van der Waals surface area contributed by atoms with Gasteiger partial charge in [-0.2, -0.15) is 0 Å². The number of anilines is 1. The topological polar surface area (TPSA) is 105 Å². The van der Waals surface area contributed by atoms with Crippen molar-refractivity contribution in [2.75, 3.05) is 30.4 Å². The van der Waals surface area contributed by atoms with E-state index in [0.29, 0.717) is 30.3 Å². The lowest BCUT2D eigenvalue weighted by Crippen LogP contribution is -2.48. The zero-order valence-corrected chi connectivity index (χ0v) is 22.8. The van der Waals surface area contributed by atoms with Crippen LogP contribution in [-0.4, -0.2) is 57.3 Å². The van der Waals surface area contributed by atoms with Gasteiger partial charge >= 0.3 is 0 Å². The predicted molar refractivity (Wildman–Crippen MR) is 143 cm³/mol. The number of nitrogens with one attached hydrogen (secondary N) is 1. The number of carbonyl (C=O) groups is 2. The summed E-state index contributed by atoms with van der Waals surface area (Å²) in [5.41, 5.74) is 2.44. The molecule has 1 atom stereocenters. The maximum atomic E-state index is 13.4. The second-order valence-electron chi connectivity index (χ2n) is 9.24. The summed E-state index contributed by atoms with van der Waals surface area (Å²) in [6.45, 7) is 6.81. The quantitative estimate of drug-likeness (QED) is 0.396. The Morgan fingerprint density at radius 3 is 2.51 bits per heavy atom. The highest BCUT2D eigenvalue weighted by Crippen LogP contribution is 2.36. The van der Waals surface area contributed by atoms with Crippen molar-refractivity contribution in [2.24, 2.45) is 0 Å². The average Bonchev–Trinajstić information content (AvgIpc) is 3.33. The molecule has 37 heavy (non-hydrogen) atoms. The summed E-state index contributed by atoms with van der Waals surface area (Å²) < 4.78 is 37.1. The summed E-state index contributed by atoms with van der Waals surface area (Å²) >= 11 is 0. The molecule has 0 radical (unpaired) electrons. The number of unbranched alkanes of at least 4 members (excludes halogenated alkanes) is 1. The molecule has 2 amide bonds. The van der Waals surface area contributed by atoms with Crippen molar-refractivity contribution >= 4 is 27.5 Å². The fourth-order valence-electron chi connectivity index (χ4n) is 4.13. The molecule has 0 aromatic heterocycles. The van der Waals surface area contributed by atoms with Gasteiger partial charge < -0.3 is 19.7 Å². The molecule has 1 aliphatic rings. The van der Waals surface area contributed by atoms with E-state index in [-0.39, 0.29) is 38.0 Å². The van der Waals surface area contributed by atoms with Crippen LogP contribution in [0.4, 0.5) is 5.69 Å². The van der Waals surface area contributed by atoms with Crippen molar-refractivity contribution in [2.45, 2.75) is 59.0 Å². The molecule has 0 saturated carbocycles. The summed E-state index contributed by atoms with van der Waals surface area (Å²) in [4.78, 5) is 27.8. The van der Waals surface area contributed by atoms with E-state index in [2.05, 4.69) is 5.32 Å². The molecule has 1 heterocycles. The second-order valence-corrected chi connectivity index (χ2v) is 11.2. The molecule has 0 aliphatic carbocycles. The van der Waals surface area contributed by atoms with Gasteiger partial charge in [-0.05, 0) is 49.9 Å². The van der Waals surface area contributed by atoms with Crippen molar-refractivity contribution < 1.29 is 27.5 Å². The SMILES string of the molecule is CCCCNC(=O)[C@@H](C)N(Cc1ccccc1C)C(=O)CCCN(c1ccc2c(c1)OCO2)S(C)(=O)=O. The maximum Gasteiger partial charge on any atom is 0.242 e. The summed E-state index contributed by atoms with van der Waals surface area (Å²) in [6, 6.07) is 12.0. The maximum absolute atomic E-state index is 13.4. The van der Waals surface area contributed by atoms with E-state index in [1.807, 2.05) is 38.1 Å². The first-order chi connectivity index (χ1) is 17.6. The van der Waals surface area contributed by atoms with Crippen LogP contribution in [0.5, 0.6) is 11.5 Å². The monoisotopic (exact) mass is 531 g/mol. The summed E-state index contributed by atoms with van der Waals surface area (Å²) in [7, 11) is -3.60. The lowest BCUT2D eigenvalue weighted by Gasteiger charge is -2.30. The number of hydrogen-bond donors (Lipinski definition) is 1. The number of sulfonamides is 1. The molecule has 1 N–H and O–H groups in total. The standard InChI is InChI=1S/C27H37N3O6S/c1-5-6-15-28-27(32)21(3)29(18-22-11-8-7-10-20(22)2)26(31)12-9-16-30(37(4,33)34)23-13-14-24-25(17-23)36-19-35-24/h7-8,10-11,13-14,17,21H,5-6,9,12,15-16,18-19H2,1-4H3,(H,28,32)/t21-/m1/s1. The Bertz CT molecular complexity index is 1200. The van der Waals surface area contributed by atoms with E-state index in [1.165, 1.54) is 4.31 Å². The van der Waals surface area contributed by atoms with Crippen LogP contribution in [0.25, 0.3) is 0 Å². The molecule has 0 saturated heterocycles. The molecule has 0 spiro atoms. The van der Waals surface area contributed by atoms with E-state index in [4.69, 9.17) is 9.47 Å². The highest BCUT2D eigenvalue weighted by molar-refractivity contribution is 7.92. The predicted octanol–water partition coefficient (Wildman–Crippen LogP) is 3.60. The first-order valence-corrected chi connectivity index (χ1v) is 14.5. The zero-order valence-electron chi connectivity index (χ0n) is 22.0. The smallest absolute Gasteiger partial charge is 0.242 e. The molecule has 0 fully saturated rings. The van der Waals surface area contributed by atoms with Crippen LogP contribution >= 0.6 is 0 Å². The molecular weight excluding hydrogens is 494 g/mol. The minimum Gasteiger partial charge on any atom is -0.454 e. The molecule has 3 rings (SSSR count). The number of hydrogen-bond acceptors (Lipinski definition) is 6. The van der Waals surface area contributed by atoms with Crippen molar-refractivity contribution in [3.63, 3.8) is 0 Å². The van der Waals surface area contributed by atoms with Crippen LogP contribution in [0, 0.1) is 6.92 Å². The van der Waals surface area contributed by atoms with E-state index in [1.54, 1.807) is 30.0 Å². The normalized spacial score (nSPS) is 13.2. The highest BCUT2D eigenvalue weighted by Gasteiger charge is 2.27. The Hall–Kier alpha value is -3.27. The van der Waals surface area contributed by atoms with Gasteiger partial charge in [0.15, 0.2) is 11.5 Å². The largest absolute Gasteiger partial charge is 0.454 e. The van der Waals surface area contributed by atoms with Crippen LogP contribution < -0.4 is 19.1 Å². The van der Waals surface area contributed by atoms with Crippen molar-refractivity contribution in [3.8, 4) is 11.5 Å². The Labute approximate surface area is 219 Å². The third kappa shape index (κ3) is 7.61. The fourth-order valence-corrected chi connectivity index (χ4v) is 5.09. The third-order valence-electron chi connectivity index (χ3n) is 6.40. The Morgan fingerprint density at radius 2 is 1.81 bits per heavy atom. The number of amides is 2. The average molecular weight is 532 g/mol. The minimum absolute atomic E-state index is 0.0904. The number of aryl methyl sites for hydroxylation is 1. The number of benzene rings is 2. The Morgan fingerprint density at radius 1 is 1.08 bits per heavy atom. The van der Waals surface area contributed by atoms with Gasteiger partial charge in [0.1, 0.15) is 6.04 Å². The summed E-state index contributed by atoms with van der Waals surface area (Å²) in [5.74, 6) is 0.633. The van der Waals surface area contributed by atoms with Gasteiger partial charge in [0.05, 0.1) is 11.9 Å². The fraction of sp³-hybridized carbons (Fsp3) is 0.481. The lowest BCUT2D eigenvalue weighted by molar-refractivity contribution is -0.140. The van der Waals surface area contributed by atoms with Crippen molar-refractivity contribution in [3.05, 3.63) is 53.6 Å². The lowest BCUT2D eigenvalue weighted by atomic mass is 10.1. The molecule has 9 nitrogen and oxygen atoms in total. The Kier molecular flexibility index (Phi) is 9.79. The third-order valence-corrected chi connectivity index (χ3v) is 7.59. The van der Waals surface area contributed by atoms with Gasteiger partial charge in [-0.15, -0.1) is 0 Å². The summed E-state index contributed by atoms with van der Waals surface area (Å²) in [6.07, 6.45) is 3.34. The molecule has 10 heteroatoms. The molecule has 2 aromatic carbocycles. The van der Waals surface area contributed by atoms with Crippen LogP contribution in [0.3, 0.4) is 0 Å². The highest BCUT2D eigenvalue weighted by atomic mass is 32.2. The molecule has 1 aliphatic heterocycles. The van der Waals surface area contributed by atoms with Gasteiger partial charge in [-0.25, -0.2) is 8.42 Å². The molecule has 0 unspecified atom stereocenters. The van der Waals surface area contributed by atoms with Gasteiger partial charge in [0.25, 0.3) is 0 Å². The van der Waals surface area contributed by atoms with Crippen LogP contribution in [-0.2, 0) is 26.2 Å². The van der Waals surface area contributed by atoms with E-state index < -0.39 is 16.1 Å². The number of nitrogens with zero attached hydrogens (tertiary/aromatic N) is 2. The molecule has 202 valence electrons. The number of fused-ring (bicyclic) bond motifs is 1. The van der Waals surface area contributed by atoms with E-state index >= 15 is 0 Å². The number of rotatable bonds is 13. The second kappa shape index (κ2) is 12.8. The molecule has 0 bridgehead atoms. The minimum atomic E-state index is -3.60. The number of carbonyl (C=O) groups excluding carboxylic acids is 2. The van der Waals surface area contributed by atoms with Gasteiger partial charge in [-0.3, -0.25) is 13.9 Å². The van der Waals surface area contributed by atoms with Crippen LogP contribution in [0.15, 0.2) is 42.5 Å². The molecular formula is C27H37N3O6S. The van der Waals surface area contributed by atoms with Gasteiger partial charge in [0.2, 0.25) is 28.6 Å². The van der Waals surface area contributed by atoms with Crippen molar-refractivity contribution in [1.82, 2.24) is 10.2 Å². The van der Waals surface area contributed by atoms with Crippen LogP contribution in [0.1, 0.15) is 50.7 Å². The van der Waals surface area contributed by atoms with E-state index in [9.17, 15) is 18.0 Å². The van der Waals surface area contributed by atoms with E-state index in [0.717, 1.165) is 30.2 Å². The van der Waals surface area contributed by atoms with Gasteiger partial charge in [-0.1, -0.05) is 37.6 Å². The number of ether oxygens (including phenoxy) is 2. The first-order valence-electron chi connectivity index (χ1n) is 12.6. The summed E-state index contributed by atoms with van der Waals surface area (Å²) in [5, 5.41) is 2.91. The Balaban J connectivity index is 1.72. The first kappa shape index (κ1) is 28.3. The molecule has 2 aromatic rings. The van der Waals surface area contributed by atoms with Crippen LogP contribution in [0.2, 0.25) is 0 Å². The van der Waals surface area contributed by atoms with Gasteiger partial charge in [0, 0.05) is 32.1 Å². The van der Waals surface area contributed by atoms with Crippen molar-refractivity contribution in [1.29, 1.82) is 0 Å².